The summed E-state index contributed by atoms with van der Waals surface area (Å²) in [4.78, 5) is 28.3. The zero-order valence-electron chi connectivity index (χ0n) is 20.7. The first-order chi connectivity index (χ1) is 17.1. The number of aryl methyl sites for hydroxylation is 1. The van der Waals surface area contributed by atoms with Crippen LogP contribution < -0.4 is 10.2 Å². The highest BCUT2D eigenvalue weighted by Gasteiger charge is 2.42. The molecule has 3 heterocycles. The Bertz CT molecular complexity index is 1260. The number of benzene rings is 1. The normalized spacial score (nSPS) is 18.2. The lowest BCUT2D eigenvalue weighted by Crippen LogP contribution is -2.47. The quantitative estimate of drug-likeness (QED) is 0.464. The summed E-state index contributed by atoms with van der Waals surface area (Å²) in [7, 11) is -4.12. The van der Waals surface area contributed by atoms with Gasteiger partial charge in [0.25, 0.3) is 0 Å². The molecule has 2 aliphatic rings. The topological polar surface area (TPSA) is 96.0 Å². The zero-order chi connectivity index (χ0) is 25.9. The molecular weight excluding hydrogens is 557 g/mol. The molecule has 0 radical (unpaired) electrons. The molecule has 2 aliphatic heterocycles. The largest absolute Gasteiger partial charge is 0.462 e. The molecule has 1 saturated heterocycles. The number of sulfonamides is 1. The van der Waals surface area contributed by atoms with Gasteiger partial charge >= 0.3 is 5.97 Å². The molecule has 1 atom stereocenters. The van der Waals surface area contributed by atoms with Crippen LogP contribution in [0.2, 0.25) is 4.34 Å². The third kappa shape index (κ3) is 7.34. The SMILES string of the molecule is CC(C)OC(=O)CN([C@H]1CCN(c2ccc3c(c2)CCCNC3)C1=O)S(=O)(=O)C=Cc1ccc(Cl)s1.Cl. The van der Waals surface area contributed by atoms with Crippen molar-refractivity contribution in [2.24, 2.45) is 0 Å². The van der Waals surface area contributed by atoms with E-state index in [0.29, 0.717) is 15.8 Å². The van der Waals surface area contributed by atoms with Crippen LogP contribution in [-0.4, -0.2) is 56.4 Å². The van der Waals surface area contributed by atoms with E-state index < -0.39 is 34.7 Å². The van der Waals surface area contributed by atoms with Gasteiger partial charge in [0.2, 0.25) is 15.9 Å². The van der Waals surface area contributed by atoms with Gasteiger partial charge in [0.15, 0.2) is 0 Å². The van der Waals surface area contributed by atoms with Gasteiger partial charge in [0.05, 0.1) is 10.4 Å². The van der Waals surface area contributed by atoms with Gasteiger partial charge in [0, 0.05) is 29.1 Å². The van der Waals surface area contributed by atoms with E-state index >= 15 is 0 Å². The standard InChI is InChI=1S/C25H30ClN3O5S2.ClH/c1-17(2)34-24(30)16-29(36(32,33)13-10-21-7-8-23(26)35-21)22-9-12-28(25(22)31)20-6-5-19-15-27-11-3-4-18(19)14-20;/h5-8,10,13-14,17,22,27H,3-4,9,11-12,15-16H2,1-2H3;1H/t22-;/m0./s1. The summed E-state index contributed by atoms with van der Waals surface area (Å²) in [5.41, 5.74) is 3.14. The third-order valence-electron chi connectivity index (χ3n) is 6.12. The number of hydrogen-bond donors (Lipinski definition) is 1. The number of amides is 1. The van der Waals surface area contributed by atoms with E-state index in [2.05, 4.69) is 5.32 Å². The van der Waals surface area contributed by atoms with Crippen molar-refractivity contribution >= 4 is 69.0 Å². The number of rotatable bonds is 8. The second-order valence-corrected chi connectivity index (χ2v) is 12.6. The van der Waals surface area contributed by atoms with E-state index in [1.54, 1.807) is 30.9 Å². The Hall–Kier alpha value is -1.95. The molecular formula is C25H31Cl2N3O5S2. The average Bonchev–Trinajstić information content (AvgIpc) is 3.32. The van der Waals surface area contributed by atoms with Crippen molar-refractivity contribution in [1.82, 2.24) is 9.62 Å². The van der Waals surface area contributed by atoms with E-state index in [4.69, 9.17) is 16.3 Å². The Morgan fingerprint density at radius 1 is 1.30 bits per heavy atom. The van der Waals surface area contributed by atoms with Gasteiger partial charge in [-0.25, -0.2) is 8.42 Å². The Morgan fingerprint density at radius 2 is 2.08 bits per heavy atom. The summed E-state index contributed by atoms with van der Waals surface area (Å²) in [6.07, 6.45) is 3.21. The van der Waals surface area contributed by atoms with Crippen LogP contribution in [0, 0.1) is 0 Å². The van der Waals surface area contributed by atoms with Crippen molar-refractivity contribution in [2.45, 2.75) is 51.8 Å². The molecule has 1 aromatic heterocycles. The second-order valence-electron chi connectivity index (χ2n) is 9.10. The third-order valence-corrected chi connectivity index (χ3v) is 8.83. The number of carbonyl (C=O) groups is 2. The highest BCUT2D eigenvalue weighted by Crippen LogP contribution is 2.30. The number of ether oxygens (including phenoxy) is 1. The first-order valence-corrected chi connectivity index (χ1v) is 14.6. The highest BCUT2D eigenvalue weighted by atomic mass is 35.5. The fourth-order valence-electron chi connectivity index (χ4n) is 4.45. The lowest BCUT2D eigenvalue weighted by Gasteiger charge is -2.26. The Morgan fingerprint density at radius 3 is 2.78 bits per heavy atom. The number of thiophene rings is 1. The summed E-state index contributed by atoms with van der Waals surface area (Å²) in [6.45, 7) is 4.92. The molecule has 12 heteroatoms. The number of hydrogen-bond acceptors (Lipinski definition) is 7. The minimum atomic E-state index is -4.12. The molecule has 4 rings (SSSR count). The van der Waals surface area contributed by atoms with E-state index in [9.17, 15) is 18.0 Å². The second kappa shape index (κ2) is 12.7. The van der Waals surface area contributed by atoms with Gasteiger partial charge in [-0.3, -0.25) is 9.59 Å². The maximum atomic E-state index is 13.5. The van der Waals surface area contributed by atoms with E-state index in [1.807, 2.05) is 18.2 Å². The first-order valence-electron chi connectivity index (χ1n) is 11.9. The summed E-state index contributed by atoms with van der Waals surface area (Å²) >= 11 is 7.18. The van der Waals surface area contributed by atoms with E-state index in [-0.39, 0.29) is 24.7 Å². The smallest absolute Gasteiger partial charge is 0.321 e. The van der Waals surface area contributed by atoms with Crippen molar-refractivity contribution in [3.63, 3.8) is 0 Å². The molecule has 1 aromatic carbocycles. The summed E-state index contributed by atoms with van der Waals surface area (Å²) in [5.74, 6) is -1.06. The average molecular weight is 589 g/mol. The molecule has 1 amide bonds. The van der Waals surface area contributed by atoms with Gasteiger partial charge in [-0.15, -0.1) is 23.7 Å². The number of fused-ring (bicyclic) bond motifs is 1. The number of nitrogens with one attached hydrogen (secondary N) is 1. The molecule has 37 heavy (non-hydrogen) atoms. The number of anilines is 1. The monoisotopic (exact) mass is 587 g/mol. The van der Waals surface area contributed by atoms with Crippen LogP contribution in [0.1, 0.15) is 42.7 Å². The maximum absolute atomic E-state index is 13.5. The van der Waals surface area contributed by atoms with Crippen LogP contribution in [0.4, 0.5) is 5.69 Å². The van der Waals surface area contributed by atoms with Gasteiger partial charge in [-0.2, -0.15) is 4.31 Å². The van der Waals surface area contributed by atoms with Crippen molar-refractivity contribution < 1.29 is 22.7 Å². The van der Waals surface area contributed by atoms with Crippen molar-refractivity contribution in [1.29, 1.82) is 0 Å². The minimum absolute atomic E-state index is 0. The number of halogens is 2. The van der Waals surface area contributed by atoms with Gasteiger partial charge in [-0.1, -0.05) is 17.7 Å². The van der Waals surface area contributed by atoms with Gasteiger partial charge in [-0.05, 0) is 81.1 Å². The van der Waals surface area contributed by atoms with Crippen LogP contribution >= 0.6 is 35.3 Å². The molecule has 0 aliphatic carbocycles. The van der Waals surface area contributed by atoms with Crippen LogP contribution in [-0.2, 0) is 37.3 Å². The van der Waals surface area contributed by atoms with Crippen LogP contribution in [0.5, 0.6) is 0 Å². The van der Waals surface area contributed by atoms with Gasteiger partial charge in [0.1, 0.15) is 12.6 Å². The summed E-state index contributed by atoms with van der Waals surface area (Å²) in [5, 5.41) is 4.40. The number of carbonyl (C=O) groups excluding carboxylic acids is 2. The number of esters is 1. The van der Waals surface area contributed by atoms with E-state index in [0.717, 1.165) is 41.3 Å². The maximum Gasteiger partial charge on any atom is 0.321 e. The fourth-order valence-corrected chi connectivity index (χ4v) is 6.82. The van der Waals surface area contributed by atoms with Crippen LogP contribution in [0.15, 0.2) is 35.7 Å². The molecule has 0 spiro atoms. The Kier molecular flexibility index (Phi) is 10.2. The minimum Gasteiger partial charge on any atom is -0.462 e. The Balaban J connectivity index is 0.00000380. The van der Waals surface area contributed by atoms with E-state index in [1.165, 1.54) is 28.5 Å². The summed E-state index contributed by atoms with van der Waals surface area (Å²) < 4.78 is 33.4. The van der Waals surface area contributed by atoms with Crippen LogP contribution in [0.25, 0.3) is 6.08 Å². The molecule has 2 aromatic rings. The van der Waals surface area contributed by atoms with Gasteiger partial charge < -0.3 is 15.0 Å². The molecule has 0 unspecified atom stereocenters. The molecule has 1 N–H and O–H groups in total. The molecule has 0 bridgehead atoms. The zero-order valence-corrected chi connectivity index (χ0v) is 23.9. The Labute approximate surface area is 233 Å². The molecule has 0 saturated carbocycles. The first kappa shape index (κ1) is 29.6. The lowest BCUT2D eigenvalue weighted by molar-refractivity contribution is -0.148. The highest BCUT2D eigenvalue weighted by molar-refractivity contribution is 7.92. The molecule has 8 nitrogen and oxygen atoms in total. The number of nitrogens with zero attached hydrogens (tertiary/aromatic N) is 2. The fraction of sp³-hybridized carbons (Fsp3) is 0.440. The summed E-state index contributed by atoms with van der Waals surface area (Å²) in [6, 6.07) is 8.31. The predicted octanol–water partition coefficient (Wildman–Crippen LogP) is 4.22. The molecule has 202 valence electrons. The van der Waals surface area contributed by atoms with Crippen molar-refractivity contribution in [3.05, 3.63) is 56.1 Å². The van der Waals surface area contributed by atoms with Crippen molar-refractivity contribution in [3.8, 4) is 0 Å². The lowest BCUT2D eigenvalue weighted by atomic mass is 10.0. The molecule has 1 fully saturated rings. The van der Waals surface area contributed by atoms with Crippen LogP contribution in [0.3, 0.4) is 0 Å². The van der Waals surface area contributed by atoms with Crippen molar-refractivity contribution in [2.75, 3.05) is 24.5 Å². The predicted molar refractivity (Wildman–Crippen MR) is 150 cm³/mol.